The molecule has 0 spiro atoms. The van der Waals surface area contributed by atoms with Crippen LogP contribution in [0.5, 0.6) is 5.75 Å². The first-order valence-corrected chi connectivity index (χ1v) is 9.13. The zero-order valence-corrected chi connectivity index (χ0v) is 15.9. The van der Waals surface area contributed by atoms with Crippen molar-refractivity contribution in [3.05, 3.63) is 45.7 Å². The van der Waals surface area contributed by atoms with E-state index < -0.39 is 0 Å². The number of halogens is 1. The number of guanidine groups is 1. The zero-order chi connectivity index (χ0) is 18.2. The number of aryl methyl sites for hydroxylation is 1. The van der Waals surface area contributed by atoms with Crippen molar-refractivity contribution in [3.8, 4) is 5.75 Å². The van der Waals surface area contributed by atoms with E-state index in [9.17, 15) is 4.39 Å². The van der Waals surface area contributed by atoms with Gasteiger partial charge in [0.05, 0.1) is 18.2 Å². The highest BCUT2D eigenvalue weighted by molar-refractivity contribution is 7.11. The van der Waals surface area contributed by atoms with Crippen molar-refractivity contribution < 1.29 is 9.13 Å². The number of aromatic nitrogens is 1. The van der Waals surface area contributed by atoms with Crippen LogP contribution in [-0.2, 0) is 12.8 Å². The number of thiazole rings is 1. The molecule has 0 aliphatic rings. The molecule has 0 saturated carbocycles. The summed E-state index contributed by atoms with van der Waals surface area (Å²) in [5, 5.41) is 7.65. The number of ether oxygens (including phenoxy) is 1. The largest absolute Gasteiger partial charge is 0.494 e. The number of nitrogens with one attached hydrogen (secondary N) is 2. The fourth-order valence-electron chi connectivity index (χ4n) is 2.35. The van der Waals surface area contributed by atoms with Gasteiger partial charge >= 0.3 is 0 Å². The zero-order valence-electron chi connectivity index (χ0n) is 15.1. The molecule has 2 N–H and O–H groups in total. The summed E-state index contributed by atoms with van der Waals surface area (Å²) in [6.07, 6.45) is 3.80. The number of rotatable bonds is 7. The number of methoxy groups -OCH3 is 1. The van der Waals surface area contributed by atoms with E-state index in [0.29, 0.717) is 5.96 Å². The molecule has 1 aromatic carbocycles. The second kappa shape index (κ2) is 9.36. The monoisotopic (exact) mass is 364 g/mol. The SMILES string of the molecule is CCc1cnc(CCNC(=NC)NC(C)c2ccc(OC)c(F)c2)s1. The van der Waals surface area contributed by atoms with Crippen molar-refractivity contribution in [1.29, 1.82) is 0 Å². The molecule has 1 unspecified atom stereocenters. The average molecular weight is 364 g/mol. The van der Waals surface area contributed by atoms with Crippen LogP contribution in [0, 0.1) is 5.82 Å². The number of hydrogen-bond acceptors (Lipinski definition) is 4. The van der Waals surface area contributed by atoms with Crippen molar-refractivity contribution in [2.45, 2.75) is 32.7 Å². The highest BCUT2D eigenvalue weighted by atomic mass is 32.1. The van der Waals surface area contributed by atoms with Crippen molar-refractivity contribution in [2.75, 3.05) is 20.7 Å². The van der Waals surface area contributed by atoms with Crippen molar-refractivity contribution in [2.24, 2.45) is 4.99 Å². The molecule has 2 aromatic rings. The van der Waals surface area contributed by atoms with Gasteiger partial charge in [0, 0.05) is 31.1 Å². The Hall–Kier alpha value is -2.15. The van der Waals surface area contributed by atoms with Gasteiger partial charge in [-0.05, 0) is 31.0 Å². The molecule has 136 valence electrons. The number of hydrogen-bond donors (Lipinski definition) is 2. The summed E-state index contributed by atoms with van der Waals surface area (Å²) < 4.78 is 18.8. The van der Waals surface area contributed by atoms with Gasteiger partial charge in [0.15, 0.2) is 17.5 Å². The van der Waals surface area contributed by atoms with Gasteiger partial charge in [-0.25, -0.2) is 9.37 Å². The van der Waals surface area contributed by atoms with E-state index in [2.05, 4.69) is 27.5 Å². The molecule has 2 rings (SSSR count). The minimum Gasteiger partial charge on any atom is -0.494 e. The van der Waals surface area contributed by atoms with Gasteiger partial charge in [-0.15, -0.1) is 11.3 Å². The summed E-state index contributed by atoms with van der Waals surface area (Å²) in [5.41, 5.74) is 0.828. The topological polar surface area (TPSA) is 58.5 Å². The molecule has 0 aliphatic heterocycles. The third-order valence-corrected chi connectivity index (χ3v) is 5.04. The fourth-order valence-corrected chi connectivity index (χ4v) is 3.21. The molecule has 25 heavy (non-hydrogen) atoms. The van der Waals surface area contributed by atoms with Crippen LogP contribution in [0.15, 0.2) is 29.4 Å². The molecule has 0 fully saturated rings. The van der Waals surface area contributed by atoms with E-state index in [1.54, 1.807) is 24.5 Å². The van der Waals surface area contributed by atoms with Gasteiger partial charge in [0.2, 0.25) is 0 Å². The molecule has 1 atom stereocenters. The molecular weight excluding hydrogens is 339 g/mol. The van der Waals surface area contributed by atoms with Crippen LogP contribution >= 0.6 is 11.3 Å². The summed E-state index contributed by atoms with van der Waals surface area (Å²) in [6.45, 7) is 4.83. The van der Waals surface area contributed by atoms with E-state index in [4.69, 9.17) is 4.74 Å². The summed E-state index contributed by atoms with van der Waals surface area (Å²) in [7, 11) is 3.17. The van der Waals surface area contributed by atoms with Crippen LogP contribution in [0.4, 0.5) is 4.39 Å². The predicted octanol–water partition coefficient (Wildman–Crippen LogP) is 3.32. The standard InChI is InChI=1S/C18H25FN4OS/c1-5-14-11-22-17(25-14)8-9-21-18(20-3)23-12(2)13-6-7-16(24-4)15(19)10-13/h6-7,10-12H,5,8-9H2,1-4H3,(H2,20,21,23). The smallest absolute Gasteiger partial charge is 0.191 e. The summed E-state index contributed by atoms with van der Waals surface area (Å²) in [6, 6.07) is 4.87. The van der Waals surface area contributed by atoms with Gasteiger partial charge < -0.3 is 15.4 Å². The Morgan fingerprint density at radius 3 is 2.84 bits per heavy atom. The van der Waals surface area contributed by atoms with Gasteiger partial charge in [-0.3, -0.25) is 4.99 Å². The fraction of sp³-hybridized carbons (Fsp3) is 0.444. The van der Waals surface area contributed by atoms with Crippen molar-refractivity contribution in [3.63, 3.8) is 0 Å². The Bertz CT molecular complexity index is 717. The molecular formula is C18H25FN4OS. The Labute approximate surface area is 152 Å². The molecule has 0 aliphatic carbocycles. The van der Waals surface area contributed by atoms with Crippen LogP contribution in [0.3, 0.4) is 0 Å². The molecule has 0 bridgehead atoms. The number of nitrogens with zero attached hydrogens (tertiary/aromatic N) is 2. The van der Waals surface area contributed by atoms with E-state index in [1.165, 1.54) is 18.1 Å². The van der Waals surface area contributed by atoms with E-state index in [1.807, 2.05) is 19.2 Å². The van der Waals surface area contributed by atoms with Crippen LogP contribution in [0.1, 0.15) is 35.3 Å². The minimum atomic E-state index is -0.368. The lowest BCUT2D eigenvalue weighted by Gasteiger charge is -2.18. The Balaban J connectivity index is 1.87. The van der Waals surface area contributed by atoms with Crippen LogP contribution < -0.4 is 15.4 Å². The number of aliphatic imine (C=N–C) groups is 1. The summed E-state index contributed by atoms with van der Waals surface area (Å²) in [4.78, 5) is 9.93. The first kappa shape index (κ1) is 19.2. The molecule has 0 radical (unpaired) electrons. The highest BCUT2D eigenvalue weighted by Crippen LogP contribution is 2.21. The molecule has 0 saturated heterocycles. The second-order valence-corrected chi connectivity index (χ2v) is 6.78. The predicted molar refractivity (Wildman–Crippen MR) is 101 cm³/mol. The summed E-state index contributed by atoms with van der Waals surface area (Å²) in [5.74, 6) is 0.552. The lowest BCUT2D eigenvalue weighted by molar-refractivity contribution is 0.386. The third kappa shape index (κ3) is 5.42. The van der Waals surface area contributed by atoms with E-state index in [0.717, 1.165) is 30.0 Å². The molecule has 5 nitrogen and oxygen atoms in total. The quantitative estimate of drug-likeness (QED) is 0.584. The van der Waals surface area contributed by atoms with Crippen LogP contribution in [0.2, 0.25) is 0 Å². The van der Waals surface area contributed by atoms with Gasteiger partial charge in [-0.1, -0.05) is 13.0 Å². The molecule has 1 aromatic heterocycles. The maximum Gasteiger partial charge on any atom is 0.191 e. The summed E-state index contributed by atoms with van der Waals surface area (Å²) >= 11 is 1.74. The highest BCUT2D eigenvalue weighted by Gasteiger charge is 2.11. The maximum atomic E-state index is 13.8. The Kier molecular flexibility index (Phi) is 7.18. The Morgan fingerprint density at radius 2 is 2.24 bits per heavy atom. The van der Waals surface area contributed by atoms with E-state index in [-0.39, 0.29) is 17.6 Å². The first-order chi connectivity index (χ1) is 12.1. The van der Waals surface area contributed by atoms with Crippen molar-refractivity contribution >= 4 is 17.3 Å². The van der Waals surface area contributed by atoms with Crippen molar-refractivity contribution in [1.82, 2.24) is 15.6 Å². The lowest BCUT2D eigenvalue weighted by Crippen LogP contribution is -2.39. The third-order valence-electron chi connectivity index (χ3n) is 3.83. The maximum absolute atomic E-state index is 13.8. The normalized spacial score (nSPS) is 12.8. The Morgan fingerprint density at radius 1 is 1.44 bits per heavy atom. The second-order valence-electron chi connectivity index (χ2n) is 5.58. The number of benzene rings is 1. The van der Waals surface area contributed by atoms with Crippen LogP contribution in [0.25, 0.3) is 0 Å². The van der Waals surface area contributed by atoms with Gasteiger partial charge in [-0.2, -0.15) is 0 Å². The van der Waals surface area contributed by atoms with E-state index >= 15 is 0 Å². The van der Waals surface area contributed by atoms with Gasteiger partial charge in [0.25, 0.3) is 0 Å². The first-order valence-electron chi connectivity index (χ1n) is 8.31. The minimum absolute atomic E-state index is 0.0850. The van der Waals surface area contributed by atoms with Gasteiger partial charge in [0.1, 0.15) is 0 Å². The molecule has 1 heterocycles. The van der Waals surface area contributed by atoms with Crippen LogP contribution in [-0.4, -0.2) is 31.6 Å². The average Bonchev–Trinajstić information content (AvgIpc) is 3.08. The molecule has 0 amide bonds. The lowest BCUT2D eigenvalue weighted by atomic mass is 10.1. The molecule has 7 heteroatoms.